The van der Waals surface area contributed by atoms with Gasteiger partial charge in [-0.3, -0.25) is 19.8 Å². The molecule has 0 aliphatic carbocycles. The van der Waals surface area contributed by atoms with Gasteiger partial charge in [0.05, 0.1) is 18.1 Å². The summed E-state index contributed by atoms with van der Waals surface area (Å²) in [5, 5.41) is 11.2. The Morgan fingerprint density at radius 3 is 2.56 bits per heavy atom. The van der Waals surface area contributed by atoms with E-state index in [-0.39, 0.29) is 22.2 Å². The average molecular weight is 390 g/mol. The fraction of sp³-hybridized carbons (Fsp3) is 0.316. The van der Waals surface area contributed by atoms with Crippen molar-refractivity contribution in [3.05, 3.63) is 69.2 Å². The van der Waals surface area contributed by atoms with Crippen molar-refractivity contribution in [2.24, 2.45) is 0 Å². The van der Waals surface area contributed by atoms with E-state index in [2.05, 4.69) is 4.90 Å². The molecule has 0 bridgehead atoms. The lowest BCUT2D eigenvalue weighted by atomic mass is 10.1. The molecule has 2 aromatic carbocycles. The molecule has 1 amide bonds. The summed E-state index contributed by atoms with van der Waals surface area (Å²) in [6.45, 7) is 4.18. The molecular formula is C19H20ClN3O4. The first-order chi connectivity index (χ1) is 13.1. The zero-order valence-corrected chi connectivity index (χ0v) is 15.5. The minimum atomic E-state index is -0.584. The number of hydrogen-bond donors (Lipinski definition) is 0. The van der Waals surface area contributed by atoms with Gasteiger partial charge in [0.25, 0.3) is 11.6 Å². The minimum Gasteiger partial charge on any atom is -0.379 e. The smallest absolute Gasteiger partial charge is 0.288 e. The lowest BCUT2D eigenvalue weighted by Crippen LogP contribution is -2.43. The summed E-state index contributed by atoms with van der Waals surface area (Å²) in [4.78, 5) is 27.6. The number of nitro groups is 1. The zero-order valence-electron chi connectivity index (χ0n) is 14.7. The van der Waals surface area contributed by atoms with Gasteiger partial charge in [0.2, 0.25) is 0 Å². The average Bonchev–Trinajstić information content (AvgIpc) is 2.69. The molecule has 1 aliphatic heterocycles. The van der Waals surface area contributed by atoms with Gasteiger partial charge in [-0.1, -0.05) is 29.8 Å². The summed E-state index contributed by atoms with van der Waals surface area (Å²) in [5.74, 6) is -0.297. The van der Waals surface area contributed by atoms with Crippen LogP contribution in [0.15, 0.2) is 48.5 Å². The van der Waals surface area contributed by atoms with Crippen LogP contribution >= 0.6 is 11.6 Å². The van der Waals surface area contributed by atoms with Gasteiger partial charge in [-0.25, -0.2) is 0 Å². The topological polar surface area (TPSA) is 75.9 Å². The fourth-order valence-electron chi connectivity index (χ4n) is 2.96. The number of para-hydroxylation sites is 1. The number of carbonyl (C=O) groups is 1. The molecule has 7 nitrogen and oxygen atoms in total. The van der Waals surface area contributed by atoms with Crippen molar-refractivity contribution in [1.29, 1.82) is 0 Å². The number of morpholine rings is 1. The van der Waals surface area contributed by atoms with Crippen molar-refractivity contribution in [2.75, 3.05) is 44.3 Å². The second kappa shape index (κ2) is 8.94. The molecule has 1 heterocycles. The molecule has 0 N–H and O–H groups in total. The van der Waals surface area contributed by atoms with Crippen LogP contribution in [-0.4, -0.2) is 55.1 Å². The van der Waals surface area contributed by atoms with E-state index >= 15 is 0 Å². The van der Waals surface area contributed by atoms with Crippen LogP contribution in [-0.2, 0) is 4.74 Å². The van der Waals surface area contributed by atoms with E-state index in [1.54, 1.807) is 4.90 Å². The molecule has 1 aliphatic rings. The van der Waals surface area contributed by atoms with Crippen molar-refractivity contribution in [1.82, 2.24) is 4.90 Å². The van der Waals surface area contributed by atoms with Gasteiger partial charge in [0.15, 0.2) is 0 Å². The van der Waals surface area contributed by atoms with Crippen LogP contribution in [0.3, 0.4) is 0 Å². The Morgan fingerprint density at radius 2 is 1.89 bits per heavy atom. The lowest BCUT2D eigenvalue weighted by molar-refractivity contribution is -0.384. The largest absolute Gasteiger partial charge is 0.379 e. The Labute approximate surface area is 162 Å². The molecular weight excluding hydrogens is 370 g/mol. The Bertz CT molecular complexity index is 810. The number of nitrogens with zero attached hydrogens (tertiary/aromatic N) is 3. The third kappa shape index (κ3) is 4.82. The number of nitro benzene ring substituents is 1. The Balaban J connectivity index is 1.84. The van der Waals surface area contributed by atoms with Crippen LogP contribution in [0.1, 0.15) is 10.4 Å². The Hall–Kier alpha value is -2.48. The molecule has 1 fully saturated rings. The fourth-order valence-corrected chi connectivity index (χ4v) is 3.15. The SMILES string of the molecule is O=C(c1ccc(Cl)c([N+](=O)[O-])c1)N(CCN1CCOCC1)c1ccccc1. The highest BCUT2D eigenvalue weighted by molar-refractivity contribution is 6.32. The first-order valence-electron chi connectivity index (χ1n) is 8.67. The van der Waals surface area contributed by atoms with Gasteiger partial charge < -0.3 is 9.64 Å². The molecule has 1 saturated heterocycles. The number of rotatable bonds is 6. The number of amides is 1. The highest BCUT2D eigenvalue weighted by Gasteiger charge is 2.22. The summed E-state index contributed by atoms with van der Waals surface area (Å²) in [5.41, 5.74) is 0.703. The van der Waals surface area contributed by atoms with E-state index in [9.17, 15) is 14.9 Å². The van der Waals surface area contributed by atoms with E-state index < -0.39 is 4.92 Å². The molecule has 0 radical (unpaired) electrons. The predicted molar refractivity (Wildman–Crippen MR) is 103 cm³/mol. The van der Waals surface area contributed by atoms with Crippen molar-refractivity contribution in [3.63, 3.8) is 0 Å². The quantitative estimate of drug-likeness (QED) is 0.560. The Kier molecular flexibility index (Phi) is 6.39. The summed E-state index contributed by atoms with van der Waals surface area (Å²) in [6.07, 6.45) is 0. The third-order valence-corrected chi connectivity index (χ3v) is 4.77. The molecule has 27 heavy (non-hydrogen) atoms. The van der Waals surface area contributed by atoms with E-state index in [1.165, 1.54) is 18.2 Å². The summed E-state index contributed by atoms with van der Waals surface area (Å²) < 4.78 is 5.36. The van der Waals surface area contributed by atoms with Crippen LogP contribution in [0, 0.1) is 10.1 Å². The van der Waals surface area contributed by atoms with Gasteiger partial charge in [-0.15, -0.1) is 0 Å². The van der Waals surface area contributed by atoms with Gasteiger partial charge in [-0.05, 0) is 24.3 Å². The molecule has 0 spiro atoms. The van der Waals surface area contributed by atoms with Crippen molar-refractivity contribution < 1.29 is 14.5 Å². The minimum absolute atomic E-state index is 0.0103. The molecule has 0 atom stereocenters. The normalized spacial score (nSPS) is 14.7. The monoisotopic (exact) mass is 389 g/mol. The lowest BCUT2D eigenvalue weighted by Gasteiger charge is -2.30. The third-order valence-electron chi connectivity index (χ3n) is 4.45. The Morgan fingerprint density at radius 1 is 1.19 bits per heavy atom. The molecule has 0 saturated carbocycles. The van der Waals surface area contributed by atoms with Crippen molar-refractivity contribution in [2.45, 2.75) is 0 Å². The maximum absolute atomic E-state index is 13.1. The van der Waals surface area contributed by atoms with Gasteiger partial charge >= 0.3 is 0 Å². The van der Waals surface area contributed by atoms with Crippen molar-refractivity contribution in [3.8, 4) is 0 Å². The second-order valence-electron chi connectivity index (χ2n) is 6.17. The number of anilines is 1. The van der Waals surface area contributed by atoms with Crippen molar-refractivity contribution >= 4 is 28.9 Å². The standard InChI is InChI=1S/C19H20ClN3O4/c20-17-7-6-15(14-18(17)23(25)26)19(24)22(16-4-2-1-3-5-16)9-8-21-10-12-27-13-11-21/h1-7,14H,8-13H2. The van der Waals surface area contributed by atoms with Crippen LogP contribution in [0.25, 0.3) is 0 Å². The van der Waals surface area contributed by atoms with Gasteiger partial charge in [-0.2, -0.15) is 0 Å². The number of carbonyl (C=O) groups excluding carboxylic acids is 1. The number of hydrogen-bond acceptors (Lipinski definition) is 5. The van der Waals surface area contributed by atoms with Crippen LogP contribution in [0.5, 0.6) is 0 Å². The second-order valence-corrected chi connectivity index (χ2v) is 6.58. The first-order valence-corrected chi connectivity index (χ1v) is 9.05. The van der Waals surface area contributed by atoms with E-state index in [0.29, 0.717) is 26.3 Å². The predicted octanol–water partition coefficient (Wildman–Crippen LogP) is 3.23. The van der Waals surface area contributed by atoms with Crippen LogP contribution in [0.2, 0.25) is 5.02 Å². The number of ether oxygens (including phenoxy) is 1. The molecule has 0 aromatic heterocycles. The maximum atomic E-state index is 13.1. The maximum Gasteiger partial charge on any atom is 0.288 e. The van der Waals surface area contributed by atoms with Crippen LogP contribution < -0.4 is 4.90 Å². The zero-order chi connectivity index (χ0) is 19.2. The highest BCUT2D eigenvalue weighted by atomic mass is 35.5. The van der Waals surface area contributed by atoms with Gasteiger partial charge in [0.1, 0.15) is 5.02 Å². The first kappa shape index (κ1) is 19.3. The number of halogens is 1. The molecule has 3 rings (SSSR count). The molecule has 0 unspecified atom stereocenters. The molecule has 8 heteroatoms. The van der Waals surface area contributed by atoms with E-state index in [4.69, 9.17) is 16.3 Å². The van der Waals surface area contributed by atoms with E-state index in [1.807, 2.05) is 30.3 Å². The number of benzene rings is 2. The molecule has 142 valence electrons. The highest BCUT2D eigenvalue weighted by Crippen LogP contribution is 2.26. The summed E-state index contributed by atoms with van der Waals surface area (Å²) >= 11 is 5.87. The van der Waals surface area contributed by atoms with Gasteiger partial charge in [0, 0.05) is 43.5 Å². The van der Waals surface area contributed by atoms with Crippen LogP contribution in [0.4, 0.5) is 11.4 Å². The molecule has 2 aromatic rings. The summed E-state index contributed by atoms with van der Waals surface area (Å²) in [7, 11) is 0. The summed E-state index contributed by atoms with van der Waals surface area (Å²) in [6, 6.07) is 13.4. The van der Waals surface area contributed by atoms with E-state index in [0.717, 1.165) is 18.8 Å².